The zero-order valence-electron chi connectivity index (χ0n) is 16.0. The molecule has 29 heavy (non-hydrogen) atoms. The number of carboxylic acids is 1. The van der Waals surface area contributed by atoms with E-state index < -0.39 is 18.5 Å². The van der Waals surface area contributed by atoms with Gasteiger partial charge in [0.15, 0.2) is 18.1 Å². The fourth-order valence-corrected chi connectivity index (χ4v) is 2.38. The molecule has 0 aliphatic rings. The predicted octanol–water partition coefficient (Wildman–Crippen LogP) is 3.10. The Balaban J connectivity index is 2.20. The average Bonchev–Trinajstić information content (AvgIpc) is 2.71. The van der Waals surface area contributed by atoms with Crippen molar-refractivity contribution in [1.82, 2.24) is 0 Å². The summed E-state index contributed by atoms with van der Waals surface area (Å²) in [7, 11) is 1.40. The van der Waals surface area contributed by atoms with Crippen LogP contribution in [-0.4, -0.2) is 37.3 Å². The molecule has 8 nitrogen and oxygen atoms in total. The van der Waals surface area contributed by atoms with Gasteiger partial charge < -0.3 is 24.6 Å². The van der Waals surface area contributed by atoms with Gasteiger partial charge in [0.1, 0.15) is 17.4 Å². The lowest BCUT2D eigenvalue weighted by Gasteiger charge is -2.10. The van der Waals surface area contributed by atoms with Crippen LogP contribution in [0.5, 0.6) is 17.2 Å². The van der Waals surface area contributed by atoms with Crippen LogP contribution in [0, 0.1) is 11.3 Å². The van der Waals surface area contributed by atoms with Crippen LogP contribution in [0.25, 0.3) is 6.08 Å². The van der Waals surface area contributed by atoms with E-state index in [0.29, 0.717) is 23.6 Å². The maximum absolute atomic E-state index is 12.5. The van der Waals surface area contributed by atoms with Gasteiger partial charge in [-0.3, -0.25) is 4.79 Å². The summed E-state index contributed by atoms with van der Waals surface area (Å²) in [6, 6.07) is 13.3. The first-order valence-electron chi connectivity index (χ1n) is 8.65. The third-order valence-corrected chi connectivity index (χ3v) is 3.62. The molecule has 150 valence electrons. The number of ether oxygens (including phenoxy) is 3. The number of hydrogen-bond donors (Lipinski definition) is 2. The predicted molar refractivity (Wildman–Crippen MR) is 106 cm³/mol. The van der Waals surface area contributed by atoms with Crippen LogP contribution in [0.4, 0.5) is 5.69 Å². The third-order valence-electron chi connectivity index (χ3n) is 3.62. The van der Waals surface area contributed by atoms with E-state index in [0.717, 1.165) is 0 Å². The molecule has 0 saturated heterocycles. The third kappa shape index (κ3) is 6.29. The van der Waals surface area contributed by atoms with Crippen LogP contribution < -0.4 is 19.5 Å². The molecule has 0 unspecified atom stereocenters. The molecular weight excluding hydrogens is 376 g/mol. The second kappa shape index (κ2) is 10.4. The summed E-state index contributed by atoms with van der Waals surface area (Å²) in [6.07, 6.45) is 1.39. The highest BCUT2D eigenvalue weighted by Gasteiger charge is 2.12. The molecule has 0 aliphatic heterocycles. The van der Waals surface area contributed by atoms with Gasteiger partial charge in [0, 0.05) is 11.8 Å². The first-order valence-corrected chi connectivity index (χ1v) is 8.65. The molecular formula is C21H20N2O6. The highest BCUT2D eigenvalue weighted by molar-refractivity contribution is 6.09. The first kappa shape index (κ1) is 21.3. The van der Waals surface area contributed by atoms with Crippen molar-refractivity contribution in [1.29, 1.82) is 5.26 Å². The number of nitrogens with one attached hydrogen (secondary N) is 1. The topological polar surface area (TPSA) is 118 Å². The normalized spacial score (nSPS) is 10.6. The summed E-state index contributed by atoms with van der Waals surface area (Å²) in [5, 5.41) is 20.7. The summed E-state index contributed by atoms with van der Waals surface area (Å²) in [5.41, 5.74) is 0.893. The van der Waals surface area contributed by atoms with Gasteiger partial charge in [0.2, 0.25) is 0 Å². The number of nitrogens with zero attached hydrogens (tertiary/aromatic N) is 1. The summed E-state index contributed by atoms with van der Waals surface area (Å²) in [4.78, 5) is 23.1. The molecule has 2 aromatic rings. The van der Waals surface area contributed by atoms with Crippen LogP contribution in [0.2, 0.25) is 0 Å². The van der Waals surface area contributed by atoms with E-state index in [-0.39, 0.29) is 17.1 Å². The second-order valence-corrected chi connectivity index (χ2v) is 5.68. The molecule has 0 aromatic heterocycles. The minimum Gasteiger partial charge on any atom is -0.494 e. The molecule has 0 atom stereocenters. The fourth-order valence-electron chi connectivity index (χ4n) is 2.38. The smallest absolute Gasteiger partial charge is 0.341 e. The minimum atomic E-state index is -1.12. The van der Waals surface area contributed by atoms with Crippen molar-refractivity contribution >= 4 is 23.6 Å². The Labute approximate surface area is 167 Å². The molecule has 2 aromatic carbocycles. The van der Waals surface area contributed by atoms with E-state index in [9.17, 15) is 14.9 Å². The quantitative estimate of drug-likeness (QED) is 0.494. The highest BCUT2D eigenvalue weighted by atomic mass is 16.5. The van der Waals surface area contributed by atoms with E-state index in [1.54, 1.807) is 30.3 Å². The standard InChI is InChI=1S/C21H20N2O6/c1-3-28-17-6-4-5-16(11-17)23-21(26)15(12-22)9-14-7-8-18(19(10-14)27-2)29-13-20(24)25/h4-11H,3,13H2,1-2H3,(H,23,26)(H,24,25)/b15-9-. The molecule has 8 heteroatoms. The van der Waals surface area contributed by atoms with Crippen molar-refractivity contribution in [2.75, 3.05) is 25.6 Å². The Hall–Kier alpha value is -3.99. The highest BCUT2D eigenvalue weighted by Crippen LogP contribution is 2.29. The van der Waals surface area contributed by atoms with Gasteiger partial charge in [-0.25, -0.2) is 4.79 Å². The number of anilines is 1. The van der Waals surface area contributed by atoms with Crippen LogP contribution in [-0.2, 0) is 9.59 Å². The van der Waals surface area contributed by atoms with Crippen molar-refractivity contribution < 1.29 is 28.9 Å². The Morgan fingerprint density at radius 1 is 1.17 bits per heavy atom. The maximum Gasteiger partial charge on any atom is 0.341 e. The van der Waals surface area contributed by atoms with Crippen molar-refractivity contribution in [3.05, 3.63) is 53.6 Å². The number of carbonyl (C=O) groups is 2. The molecule has 2 rings (SSSR count). The fraction of sp³-hybridized carbons (Fsp3) is 0.190. The van der Waals surface area contributed by atoms with Crippen molar-refractivity contribution in [2.24, 2.45) is 0 Å². The first-order chi connectivity index (χ1) is 14.0. The maximum atomic E-state index is 12.5. The van der Waals surface area contributed by atoms with Gasteiger partial charge >= 0.3 is 5.97 Å². The summed E-state index contributed by atoms with van der Waals surface area (Å²) < 4.78 is 15.7. The number of benzene rings is 2. The van der Waals surface area contributed by atoms with E-state index in [1.807, 2.05) is 13.0 Å². The Bertz CT molecular complexity index is 962. The summed E-state index contributed by atoms with van der Waals surface area (Å²) >= 11 is 0. The molecule has 0 spiro atoms. The van der Waals surface area contributed by atoms with Crippen molar-refractivity contribution in [3.8, 4) is 23.3 Å². The Morgan fingerprint density at radius 3 is 2.62 bits per heavy atom. The van der Waals surface area contributed by atoms with Gasteiger partial charge in [-0.2, -0.15) is 5.26 Å². The lowest BCUT2D eigenvalue weighted by Crippen LogP contribution is -2.13. The van der Waals surface area contributed by atoms with Crippen molar-refractivity contribution in [3.63, 3.8) is 0 Å². The zero-order valence-corrected chi connectivity index (χ0v) is 16.0. The number of aliphatic carboxylic acids is 1. The molecule has 0 fully saturated rings. The number of rotatable bonds is 9. The van der Waals surface area contributed by atoms with Gasteiger partial charge in [-0.15, -0.1) is 0 Å². The number of methoxy groups -OCH3 is 1. The van der Waals surface area contributed by atoms with Crippen LogP contribution in [0.15, 0.2) is 48.0 Å². The molecule has 2 N–H and O–H groups in total. The van der Waals surface area contributed by atoms with Crippen LogP contribution in [0.3, 0.4) is 0 Å². The zero-order chi connectivity index (χ0) is 21.2. The number of hydrogen-bond acceptors (Lipinski definition) is 6. The lowest BCUT2D eigenvalue weighted by atomic mass is 10.1. The SMILES string of the molecule is CCOc1cccc(NC(=O)/C(C#N)=C\c2ccc(OCC(=O)O)c(OC)c2)c1. The molecule has 0 radical (unpaired) electrons. The lowest BCUT2D eigenvalue weighted by molar-refractivity contribution is -0.139. The number of carboxylic acid groups (broad SMARTS) is 1. The van der Waals surface area contributed by atoms with E-state index in [1.165, 1.54) is 25.3 Å². The number of nitriles is 1. The summed E-state index contributed by atoms with van der Waals surface area (Å²) in [6.45, 7) is 1.83. The average molecular weight is 396 g/mol. The molecule has 0 bridgehead atoms. The second-order valence-electron chi connectivity index (χ2n) is 5.68. The number of amides is 1. The molecule has 1 amide bonds. The molecule has 0 aliphatic carbocycles. The van der Waals surface area contributed by atoms with Crippen LogP contribution in [0.1, 0.15) is 12.5 Å². The van der Waals surface area contributed by atoms with E-state index >= 15 is 0 Å². The molecule has 0 saturated carbocycles. The van der Waals surface area contributed by atoms with E-state index in [4.69, 9.17) is 19.3 Å². The molecule has 0 heterocycles. The van der Waals surface area contributed by atoms with Gasteiger partial charge in [-0.05, 0) is 42.8 Å². The number of carbonyl (C=O) groups excluding carboxylic acids is 1. The van der Waals surface area contributed by atoms with Crippen LogP contribution >= 0.6 is 0 Å². The van der Waals surface area contributed by atoms with Gasteiger partial charge in [0.25, 0.3) is 5.91 Å². The Kier molecular flexibility index (Phi) is 7.62. The van der Waals surface area contributed by atoms with Gasteiger partial charge in [0.05, 0.1) is 13.7 Å². The van der Waals surface area contributed by atoms with Gasteiger partial charge in [-0.1, -0.05) is 12.1 Å². The monoisotopic (exact) mass is 396 g/mol. The summed E-state index contributed by atoms with van der Waals surface area (Å²) in [5.74, 6) is -0.571. The van der Waals surface area contributed by atoms with E-state index in [2.05, 4.69) is 5.32 Å². The minimum absolute atomic E-state index is 0.118. The van der Waals surface area contributed by atoms with Crippen molar-refractivity contribution in [2.45, 2.75) is 6.92 Å². The largest absolute Gasteiger partial charge is 0.494 e. The Morgan fingerprint density at radius 2 is 1.97 bits per heavy atom.